The topological polar surface area (TPSA) is 20.2 Å². The van der Waals surface area contributed by atoms with Crippen LogP contribution in [0.2, 0.25) is 5.02 Å². The van der Waals surface area contributed by atoms with Gasteiger partial charge in [0.2, 0.25) is 0 Å². The van der Waals surface area contributed by atoms with Crippen molar-refractivity contribution in [1.29, 1.82) is 0 Å². The smallest absolute Gasteiger partial charge is 0.131 e. The quantitative estimate of drug-likeness (QED) is 0.658. The first-order valence-electron chi connectivity index (χ1n) is 4.15. The first kappa shape index (κ1) is 11.1. The Morgan fingerprint density at radius 1 is 1.13 bits per heavy atom. The van der Waals surface area contributed by atoms with Gasteiger partial charge in [0.1, 0.15) is 5.75 Å². The lowest BCUT2D eigenvalue weighted by molar-refractivity contribution is 0.474. The van der Waals surface area contributed by atoms with Crippen molar-refractivity contribution in [2.75, 3.05) is 0 Å². The number of halogens is 1. The molecule has 0 saturated heterocycles. The molecule has 0 unspecified atom stereocenters. The Bertz CT molecular complexity index is 539. The van der Waals surface area contributed by atoms with E-state index >= 15 is 0 Å². The summed E-state index contributed by atoms with van der Waals surface area (Å²) in [5.74, 6) is 15.6. The average molecular weight is 215 g/mol. The van der Waals surface area contributed by atoms with Crippen molar-refractivity contribution in [3.63, 3.8) is 0 Å². The highest BCUT2D eigenvalue weighted by atomic mass is 35.5. The highest BCUT2D eigenvalue weighted by Gasteiger charge is 1.97. The summed E-state index contributed by atoms with van der Waals surface area (Å²) in [4.78, 5) is 0. The molecule has 72 valence electrons. The second-order valence-electron chi connectivity index (χ2n) is 2.54. The first-order valence-corrected chi connectivity index (χ1v) is 4.53. The number of aromatic hydroxyl groups is 1. The van der Waals surface area contributed by atoms with E-state index in [2.05, 4.69) is 35.5 Å². The summed E-state index contributed by atoms with van der Waals surface area (Å²) in [5.41, 5.74) is 0.459. The van der Waals surface area contributed by atoms with Gasteiger partial charge >= 0.3 is 0 Å². The van der Waals surface area contributed by atoms with E-state index in [4.69, 9.17) is 11.6 Å². The van der Waals surface area contributed by atoms with E-state index in [9.17, 15) is 5.11 Å². The minimum Gasteiger partial charge on any atom is -0.507 e. The molecule has 15 heavy (non-hydrogen) atoms. The number of hydrogen-bond acceptors (Lipinski definition) is 1. The van der Waals surface area contributed by atoms with Crippen LogP contribution in [0.25, 0.3) is 0 Å². The molecule has 0 heterocycles. The van der Waals surface area contributed by atoms with Crippen LogP contribution in [0.4, 0.5) is 0 Å². The molecule has 0 saturated carbocycles. The van der Waals surface area contributed by atoms with Crippen molar-refractivity contribution >= 4 is 11.6 Å². The molecular formula is C13H7ClO. The normalized spacial score (nSPS) is 7.33. The molecule has 0 bridgehead atoms. The highest BCUT2D eigenvalue weighted by molar-refractivity contribution is 6.30. The molecule has 0 fully saturated rings. The number of rotatable bonds is 0. The monoisotopic (exact) mass is 214 g/mol. The average Bonchev–Trinajstić information content (AvgIpc) is 2.23. The van der Waals surface area contributed by atoms with Crippen molar-refractivity contribution in [3.8, 4) is 41.3 Å². The lowest BCUT2D eigenvalue weighted by atomic mass is 10.2. The van der Waals surface area contributed by atoms with E-state index in [0.717, 1.165) is 0 Å². The summed E-state index contributed by atoms with van der Waals surface area (Å²) >= 11 is 5.74. The van der Waals surface area contributed by atoms with E-state index in [-0.39, 0.29) is 5.75 Å². The fourth-order valence-electron chi connectivity index (χ4n) is 0.832. The van der Waals surface area contributed by atoms with Crippen molar-refractivity contribution in [3.05, 3.63) is 28.8 Å². The second kappa shape index (κ2) is 5.66. The minimum absolute atomic E-state index is 0.0928. The van der Waals surface area contributed by atoms with Gasteiger partial charge in [-0.05, 0) is 54.7 Å². The summed E-state index contributed by atoms with van der Waals surface area (Å²) in [5, 5.41) is 9.93. The number of phenolic OH excluding ortho intramolecular Hbond substituents is 1. The maximum absolute atomic E-state index is 9.40. The zero-order valence-electron chi connectivity index (χ0n) is 8.06. The van der Waals surface area contributed by atoms with E-state index in [1.54, 1.807) is 19.1 Å². The van der Waals surface area contributed by atoms with Crippen molar-refractivity contribution in [2.24, 2.45) is 0 Å². The van der Waals surface area contributed by atoms with Gasteiger partial charge in [0.05, 0.1) is 5.56 Å². The van der Waals surface area contributed by atoms with Crippen LogP contribution in [0.1, 0.15) is 12.5 Å². The summed E-state index contributed by atoms with van der Waals surface area (Å²) in [7, 11) is 0. The summed E-state index contributed by atoms with van der Waals surface area (Å²) in [6.45, 7) is 1.70. The van der Waals surface area contributed by atoms with E-state index < -0.39 is 0 Å². The fraction of sp³-hybridized carbons (Fsp3) is 0.0769. The van der Waals surface area contributed by atoms with E-state index in [1.165, 1.54) is 6.07 Å². The van der Waals surface area contributed by atoms with Gasteiger partial charge in [-0.15, -0.1) is 0 Å². The van der Waals surface area contributed by atoms with Crippen molar-refractivity contribution in [1.82, 2.24) is 0 Å². The molecule has 1 aromatic rings. The lowest BCUT2D eigenvalue weighted by Gasteiger charge is -1.95. The molecule has 0 radical (unpaired) electrons. The van der Waals surface area contributed by atoms with Crippen LogP contribution < -0.4 is 0 Å². The molecular weight excluding hydrogens is 208 g/mol. The maximum Gasteiger partial charge on any atom is 0.131 e. The Labute approximate surface area is 94.1 Å². The van der Waals surface area contributed by atoms with Crippen LogP contribution in [-0.4, -0.2) is 5.11 Å². The van der Waals surface area contributed by atoms with E-state index in [1.807, 2.05) is 0 Å². The van der Waals surface area contributed by atoms with Crippen molar-refractivity contribution < 1.29 is 5.11 Å². The van der Waals surface area contributed by atoms with Gasteiger partial charge in [0.25, 0.3) is 0 Å². The van der Waals surface area contributed by atoms with Gasteiger partial charge in [-0.3, -0.25) is 0 Å². The molecule has 0 aliphatic carbocycles. The third-order valence-electron chi connectivity index (χ3n) is 1.47. The number of phenols is 1. The Balaban J connectivity index is 2.93. The Morgan fingerprint density at radius 2 is 1.87 bits per heavy atom. The molecule has 0 aliphatic rings. The summed E-state index contributed by atoms with van der Waals surface area (Å²) in [6.07, 6.45) is 0. The fourth-order valence-corrected chi connectivity index (χ4v) is 1.00. The minimum atomic E-state index is 0.0928. The molecule has 1 rings (SSSR count). The van der Waals surface area contributed by atoms with Crippen molar-refractivity contribution in [2.45, 2.75) is 6.92 Å². The van der Waals surface area contributed by atoms with Crippen LogP contribution in [0, 0.1) is 35.5 Å². The predicted octanol–water partition coefficient (Wildman–Crippen LogP) is 2.42. The number of hydrogen-bond donors (Lipinski definition) is 1. The highest BCUT2D eigenvalue weighted by Crippen LogP contribution is 2.19. The van der Waals surface area contributed by atoms with E-state index in [0.29, 0.717) is 10.6 Å². The Morgan fingerprint density at radius 3 is 2.60 bits per heavy atom. The largest absolute Gasteiger partial charge is 0.507 e. The maximum atomic E-state index is 9.40. The molecule has 0 spiro atoms. The zero-order chi connectivity index (χ0) is 11.1. The van der Waals surface area contributed by atoms with Crippen LogP contribution in [0.15, 0.2) is 18.2 Å². The molecule has 0 aromatic heterocycles. The zero-order valence-corrected chi connectivity index (χ0v) is 8.81. The second-order valence-corrected chi connectivity index (χ2v) is 2.97. The third kappa shape index (κ3) is 3.70. The van der Waals surface area contributed by atoms with Gasteiger partial charge in [-0.25, -0.2) is 0 Å². The Hall–Kier alpha value is -2.01. The molecule has 2 heteroatoms. The van der Waals surface area contributed by atoms with Gasteiger partial charge in [-0.1, -0.05) is 17.5 Å². The third-order valence-corrected chi connectivity index (χ3v) is 1.70. The standard InChI is InChI=1S/C13H7ClO/c1-2-3-4-5-6-7-11-10-12(14)8-9-13(11)15/h8-10,15H,1H3. The first-order chi connectivity index (χ1) is 7.24. The summed E-state index contributed by atoms with van der Waals surface area (Å²) < 4.78 is 0. The number of benzene rings is 1. The molecule has 1 N–H and O–H groups in total. The summed E-state index contributed by atoms with van der Waals surface area (Å²) in [6, 6.07) is 4.67. The Kier molecular flexibility index (Phi) is 4.18. The van der Waals surface area contributed by atoms with Crippen LogP contribution in [0.3, 0.4) is 0 Å². The molecule has 1 aromatic carbocycles. The molecule has 0 amide bonds. The van der Waals surface area contributed by atoms with Gasteiger partial charge in [0, 0.05) is 5.02 Å². The van der Waals surface area contributed by atoms with Crippen LogP contribution in [0.5, 0.6) is 5.75 Å². The molecule has 0 atom stereocenters. The SMILES string of the molecule is CC#CC#CC#Cc1cc(Cl)ccc1O. The van der Waals surface area contributed by atoms with Gasteiger partial charge in [0.15, 0.2) is 0 Å². The van der Waals surface area contributed by atoms with Gasteiger partial charge < -0.3 is 5.11 Å². The lowest BCUT2D eigenvalue weighted by Crippen LogP contribution is -1.75. The molecule has 1 nitrogen and oxygen atoms in total. The van der Waals surface area contributed by atoms with Crippen LogP contribution >= 0.6 is 11.6 Å². The molecule has 0 aliphatic heterocycles. The van der Waals surface area contributed by atoms with Gasteiger partial charge in [-0.2, -0.15) is 0 Å². The van der Waals surface area contributed by atoms with Crippen LogP contribution in [-0.2, 0) is 0 Å². The predicted molar refractivity (Wildman–Crippen MR) is 61.2 cm³/mol.